The Labute approximate surface area is 122 Å². The Hall–Kier alpha value is -1.35. The maximum atomic E-state index is 12.1. The second-order valence-corrected chi connectivity index (χ2v) is 5.70. The molecule has 3 nitrogen and oxygen atoms in total. The molecule has 2 N–H and O–H groups in total. The van der Waals surface area contributed by atoms with Crippen LogP contribution in [0.25, 0.3) is 0 Å². The highest BCUT2D eigenvalue weighted by atomic mass is 16.1. The second kappa shape index (κ2) is 6.89. The summed E-state index contributed by atoms with van der Waals surface area (Å²) in [5, 5.41) is 6.54. The predicted octanol–water partition coefficient (Wildman–Crippen LogP) is 3.06. The van der Waals surface area contributed by atoms with E-state index in [-0.39, 0.29) is 5.91 Å². The molecule has 0 aromatic heterocycles. The van der Waals surface area contributed by atoms with Crippen LogP contribution in [0.1, 0.15) is 61.1 Å². The zero-order chi connectivity index (χ0) is 14.5. The van der Waals surface area contributed by atoms with Gasteiger partial charge in [0.1, 0.15) is 0 Å². The molecule has 1 heterocycles. The molecule has 0 fully saturated rings. The van der Waals surface area contributed by atoms with Crippen LogP contribution in [0.5, 0.6) is 0 Å². The Morgan fingerprint density at radius 2 is 2.15 bits per heavy atom. The zero-order valence-electron chi connectivity index (χ0n) is 12.8. The Bertz CT molecular complexity index is 470. The molecule has 20 heavy (non-hydrogen) atoms. The van der Waals surface area contributed by atoms with Gasteiger partial charge in [0.05, 0.1) is 0 Å². The van der Waals surface area contributed by atoms with E-state index in [0.29, 0.717) is 12.0 Å². The van der Waals surface area contributed by atoms with Crippen LogP contribution in [-0.2, 0) is 6.42 Å². The van der Waals surface area contributed by atoms with Gasteiger partial charge in [-0.25, -0.2) is 0 Å². The molecule has 0 radical (unpaired) electrons. The van der Waals surface area contributed by atoms with Gasteiger partial charge in [-0.1, -0.05) is 39.3 Å². The van der Waals surface area contributed by atoms with E-state index in [1.54, 1.807) is 0 Å². The molecule has 1 aromatic carbocycles. The van der Waals surface area contributed by atoms with Gasteiger partial charge < -0.3 is 10.6 Å². The average Bonchev–Trinajstić information content (AvgIpc) is 2.66. The number of aryl methyl sites for hydroxylation is 1. The van der Waals surface area contributed by atoms with Gasteiger partial charge >= 0.3 is 0 Å². The summed E-state index contributed by atoms with van der Waals surface area (Å²) in [5.74, 6) is 0.639. The fourth-order valence-electron chi connectivity index (χ4n) is 2.90. The van der Waals surface area contributed by atoms with Crippen molar-refractivity contribution in [3.8, 4) is 0 Å². The molecule has 0 spiro atoms. The van der Waals surface area contributed by atoms with Gasteiger partial charge in [-0.2, -0.15) is 0 Å². The Morgan fingerprint density at radius 3 is 2.85 bits per heavy atom. The first kappa shape index (κ1) is 15.0. The summed E-state index contributed by atoms with van der Waals surface area (Å²) in [5.41, 5.74) is 3.28. The summed E-state index contributed by atoms with van der Waals surface area (Å²) in [7, 11) is 0. The van der Waals surface area contributed by atoms with Gasteiger partial charge in [0.2, 0.25) is 0 Å². The maximum absolute atomic E-state index is 12.1. The standard InChI is InChI=1S/C17H26N2O/c1-4-12(3)16(18-5-2)14-9-8-13-7-6-10-19-17(20)15(13)11-14/h8-9,11-12,16,18H,4-7,10H2,1-3H3,(H,19,20). The first-order chi connectivity index (χ1) is 9.67. The summed E-state index contributed by atoms with van der Waals surface area (Å²) >= 11 is 0. The Kier molecular flexibility index (Phi) is 5.18. The van der Waals surface area contributed by atoms with Crippen LogP contribution in [0.3, 0.4) is 0 Å². The third kappa shape index (κ3) is 3.21. The van der Waals surface area contributed by atoms with E-state index < -0.39 is 0 Å². The van der Waals surface area contributed by atoms with Crippen LogP contribution in [-0.4, -0.2) is 19.0 Å². The molecule has 1 aliphatic rings. The number of carbonyl (C=O) groups is 1. The predicted molar refractivity (Wildman–Crippen MR) is 83.0 cm³/mol. The van der Waals surface area contributed by atoms with Crippen molar-refractivity contribution in [2.75, 3.05) is 13.1 Å². The van der Waals surface area contributed by atoms with Crippen molar-refractivity contribution < 1.29 is 4.79 Å². The third-order valence-electron chi connectivity index (χ3n) is 4.28. The van der Waals surface area contributed by atoms with Crippen molar-refractivity contribution in [1.29, 1.82) is 0 Å². The van der Waals surface area contributed by atoms with E-state index in [1.807, 2.05) is 0 Å². The largest absolute Gasteiger partial charge is 0.352 e. The van der Waals surface area contributed by atoms with Gasteiger partial charge in [-0.3, -0.25) is 4.79 Å². The lowest BCUT2D eigenvalue weighted by Gasteiger charge is -2.25. The van der Waals surface area contributed by atoms with Crippen LogP contribution in [0.2, 0.25) is 0 Å². The zero-order valence-corrected chi connectivity index (χ0v) is 12.8. The van der Waals surface area contributed by atoms with Crippen molar-refractivity contribution in [3.63, 3.8) is 0 Å². The van der Waals surface area contributed by atoms with E-state index >= 15 is 0 Å². The monoisotopic (exact) mass is 274 g/mol. The van der Waals surface area contributed by atoms with Gasteiger partial charge in [0, 0.05) is 18.2 Å². The van der Waals surface area contributed by atoms with E-state index in [1.165, 1.54) is 11.1 Å². The summed E-state index contributed by atoms with van der Waals surface area (Å²) < 4.78 is 0. The van der Waals surface area contributed by atoms with Crippen LogP contribution < -0.4 is 10.6 Å². The molecule has 110 valence electrons. The highest BCUT2D eigenvalue weighted by molar-refractivity contribution is 5.96. The highest BCUT2D eigenvalue weighted by Gasteiger charge is 2.21. The van der Waals surface area contributed by atoms with Crippen molar-refractivity contribution in [2.45, 2.75) is 46.1 Å². The van der Waals surface area contributed by atoms with Crippen molar-refractivity contribution in [1.82, 2.24) is 10.6 Å². The minimum absolute atomic E-state index is 0.0822. The minimum atomic E-state index is 0.0822. The van der Waals surface area contributed by atoms with Gasteiger partial charge in [-0.15, -0.1) is 0 Å². The lowest BCUT2D eigenvalue weighted by Crippen LogP contribution is -2.27. The van der Waals surface area contributed by atoms with Crippen molar-refractivity contribution in [2.24, 2.45) is 5.92 Å². The lowest BCUT2D eigenvalue weighted by molar-refractivity contribution is 0.0956. The van der Waals surface area contributed by atoms with Crippen LogP contribution >= 0.6 is 0 Å². The highest BCUT2D eigenvalue weighted by Crippen LogP contribution is 2.27. The number of hydrogen-bond acceptors (Lipinski definition) is 2. The van der Waals surface area contributed by atoms with E-state index in [0.717, 1.165) is 37.9 Å². The molecule has 1 aliphatic heterocycles. The minimum Gasteiger partial charge on any atom is -0.352 e. The summed E-state index contributed by atoms with van der Waals surface area (Å²) in [6.07, 6.45) is 3.14. The van der Waals surface area contributed by atoms with Crippen LogP contribution in [0.15, 0.2) is 18.2 Å². The molecule has 0 aliphatic carbocycles. The van der Waals surface area contributed by atoms with E-state index in [4.69, 9.17) is 0 Å². The molecule has 0 bridgehead atoms. The number of hydrogen-bond donors (Lipinski definition) is 2. The number of rotatable bonds is 5. The molecule has 1 amide bonds. The van der Waals surface area contributed by atoms with Gasteiger partial charge in [0.25, 0.3) is 5.91 Å². The summed E-state index contributed by atoms with van der Waals surface area (Å²) in [4.78, 5) is 12.1. The van der Waals surface area contributed by atoms with Gasteiger partial charge in [0.15, 0.2) is 0 Å². The maximum Gasteiger partial charge on any atom is 0.251 e. The first-order valence-electron chi connectivity index (χ1n) is 7.81. The normalized spacial score (nSPS) is 17.9. The Morgan fingerprint density at radius 1 is 1.35 bits per heavy atom. The quantitative estimate of drug-likeness (QED) is 0.866. The molecule has 2 atom stereocenters. The van der Waals surface area contributed by atoms with Crippen LogP contribution in [0, 0.1) is 5.92 Å². The molecule has 0 saturated heterocycles. The molecule has 2 unspecified atom stereocenters. The molecular weight excluding hydrogens is 248 g/mol. The fraction of sp³-hybridized carbons (Fsp3) is 0.588. The van der Waals surface area contributed by atoms with Gasteiger partial charge in [-0.05, 0) is 42.5 Å². The average molecular weight is 274 g/mol. The molecule has 3 heteroatoms. The second-order valence-electron chi connectivity index (χ2n) is 5.70. The summed E-state index contributed by atoms with van der Waals surface area (Å²) in [6, 6.07) is 6.75. The number of benzene rings is 1. The van der Waals surface area contributed by atoms with E-state index in [9.17, 15) is 4.79 Å². The van der Waals surface area contributed by atoms with Crippen molar-refractivity contribution >= 4 is 5.91 Å². The fourth-order valence-corrected chi connectivity index (χ4v) is 2.90. The number of carbonyl (C=O) groups excluding carboxylic acids is 1. The summed E-state index contributed by atoms with van der Waals surface area (Å²) in [6.45, 7) is 8.33. The first-order valence-corrected chi connectivity index (χ1v) is 7.81. The number of amides is 1. The molecular formula is C17H26N2O. The molecule has 0 saturated carbocycles. The van der Waals surface area contributed by atoms with E-state index in [2.05, 4.69) is 49.6 Å². The smallest absolute Gasteiger partial charge is 0.251 e. The van der Waals surface area contributed by atoms with Crippen molar-refractivity contribution in [3.05, 3.63) is 34.9 Å². The molecule has 2 rings (SSSR count). The van der Waals surface area contributed by atoms with Crippen LogP contribution in [0.4, 0.5) is 0 Å². The lowest BCUT2D eigenvalue weighted by atomic mass is 9.89. The SMILES string of the molecule is CCNC(c1ccc2c(c1)C(=O)NCCC2)C(C)CC. The molecule has 1 aromatic rings. The Balaban J connectivity index is 2.34. The topological polar surface area (TPSA) is 41.1 Å². The number of fused-ring (bicyclic) bond motifs is 1. The number of nitrogens with one attached hydrogen (secondary N) is 2. The third-order valence-corrected chi connectivity index (χ3v) is 4.28.